The maximum absolute atomic E-state index is 15.0. The zero-order chi connectivity index (χ0) is 31.8. The molecule has 1 fully saturated rings. The Morgan fingerprint density at radius 3 is 2.41 bits per heavy atom. The molecule has 1 saturated carbocycles. The first-order chi connectivity index (χ1) is 20.7. The second-order valence-corrected chi connectivity index (χ2v) is 12.3. The van der Waals surface area contributed by atoms with Gasteiger partial charge in [-0.25, -0.2) is 17.8 Å². The summed E-state index contributed by atoms with van der Waals surface area (Å²) in [4.78, 5) is 8.65. The Balaban J connectivity index is 1.65. The third-order valence-corrected chi connectivity index (χ3v) is 8.07. The lowest BCUT2D eigenvalue weighted by atomic mass is 9.97. The van der Waals surface area contributed by atoms with Crippen molar-refractivity contribution in [2.45, 2.75) is 37.6 Å². The van der Waals surface area contributed by atoms with Crippen LogP contribution in [0.15, 0.2) is 80.7 Å². The molecule has 0 bridgehead atoms. The summed E-state index contributed by atoms with van der Waals surface area (Å²) >= 11 is 0. The smallest absolute Gasteiger partial charge is 0.440 e. The molecule has 44 heavy (non-hydrogen) atoms. The minimum atomic E-state index is -4.85. The fraction of sp³-hybridized carbons (Fsp3) is 0.226. The molecular formula is C31H27F4N3O5S. The number of aliphatic hydroxyl groups is 1. The van der Waals surface area contributed by atoms with Crippen molar-refractivity contribution in [1.82, 2.24) is 4.98 Å². The van der Waals surface area contributed by atoms with E-state index in [1.54, 1.807) is 31.2 Å². The van der Waals surface area contributed by atoms with Gasteiger partial charge in [-0.05, 0) is 84.5 Å². The first-order valence-electron chi connectivity index (χ1n) is 13.3. The van der Waals surface area contributed by atoms with E-state index in [1.807, 2.05) is 0 Å². The zero-order valence-electron chi connectivity index (χ0n) is 23.5. The van der Waals surface area contributed by atoms with Crippen LogP contribution in [0.5, 0.6) is 5.75 Å². The van der Waals surface area contributed by atoms with Crippen LogP contribution >= 0.6 is 0 Å². The third kappa shape index (κ3) is 7.00. The number of oxazole rings is 1. The van der Waals surface area contributed by atoms with Gasteiger partial charge in [0.05, 0.1) is 17.2 Å². The number of hydrogen-bond donors (Lipinski definition) is 2. The maximum Gasteiger partial charge on any atom is 0.573 e. The van der Waals surface area contributed by atoms with E-state index in [9.17, 15) is 31.1 Å². The van der Waals surface area contributed by atoms with Crippen LogP contribution < -0.4 is 10.5 Å². The molecule has 0 atom stereocenters. The topological polar surface area (TPSA) is 128 Å². The van der Waals surface area contributed by atoms with Gasteiger partial charge in [0.2, 0.25) is 0 Å². The van der Waals surface area contributed by atoms with E-state index in [4.69, 9.17) is 10.2 Å². The van der Waals surface area contributed by atoms with Crippen LogP contribution in [0.25, 0.3) is 33.7 Å². The predicted octanol–water partition coefficient (Wildman–Crippen LogP) is 6.87. The lowest BCUT2D eigenvalue weighted by Gasteiger charge is -2.13. The van der Waals surface area contributed by atoms with Crippen molar-refractivity contribution >= 4 is 21.7 Å². The number of nitrogens with zero attached hydrogens (tertiary/aromatic N) is 2. The molecule has 3 N–H and O–H groups in total. The molecule has 0 unspecified atom stereocenters. The number of nitrogens with two attached hydrogens (primary N) is 1. The number of ether oxygens (including phenoxy) is 1. The van der Waals surface area contributed by atoms with Crippen molar-refractivity contribution in [2.24, 2.45) is 16.6 Å². The second kappa shape index (κ2) is 11.9. The van der Waals surface area contributed by atoms with E-state index in [2.05, 4.69) is 14.7 Å². The third-order valence-electron chi connectivity index (χ3n) is 6.91. The molecular weight excluding hydrogens is 602 g/mol. The number of sulfone groups is 1. The summed E-state index contributed by atoms with van der Waals surface area (Å²) in [6, 6.07) is 12.3. The molecule has 5 rings (SSSR count). The highest BCUT2D eigenvalue weighted by Gasteiger charge is 2.31. The number of aliphatic hydroxyl groups excluding tert-OH is 1. The molecule has 0 radical (unpaired) electrons. The van der Waals surface area contributed by atoms with E-state index in [0.717, 1.165) is 37.3 Å². The highest BCUT2D eigenvalue weighted by atomic mass is 32.2. The summed E-state index contributed by atoms with van der Waals surface area (Å²) in [7, 11) is -3.90. The molecule has 1 heterocycles. The SMILES string of the molecule is Cc1nc(-c2ccc(OC(F)(F)F)cc2)c(-c2cc(-c3cc(F)c(CO)c(S(C)(=O)=O)c3)ccc2N=CC=C(N)C2CC2)o1. The number of halogens is 4. The van der Waals surface area contributed by atoms with Crippen LogP contribution in [-0.2, 0) is 16.4 Å². The molecule has 1 aliphatic rings. The first-order valence-corrected chi connectivity index (χ1v) is 15.2. The summed E-state index contributed by atoms with van der Waals surface area (Å²) in [5, 5.41) is 9.61. The van der Waals surface area contributed by atoms with Gasteiger partial charge in [-0.1, -0.05) is 6.07 Å². The van der Waals surface area contributed by atoms with E-state index < -0.39 is 34.4 Å². The number of aromatic nitrogens is 1. The maximum atomic E-state index is 15.0. The van der Waals surface area contributed by atoms with Gasteiger partial charge < -0.3 is 20.0 Å². The molecule has 230 valence electrons. The molecule has 0 aliphatic heterocycles. The van der Waals surface area contributed by atoms with Crippen molar-refractivity contribution in [3.63, 3.8) is 0 Å². The number of alkyl halides is 3. The summed E-state index contributed by atoms with van der Waals surface area (Å²) < 4.78 is 87.8. The normalized spacial score (nSPS) is 14.4. The van der Waals surface area contributed by atoms with Gasteiger partial charge in [0.15, 0.2) is 21.5 Å². The summed E-state index contributed by atoms with van der Waals surface area (Å²) in [6.07, 6.45) is 1.31. The van der Waals surface area contributed by atoms with Crippen LogP contribution in [0.2, 0.25) is 0 Å². The van der Waals surface area contributed by atoms with Crippen molar-refractivity contribution < 1.29 is 40.2 Å². The molecule has 1 aliphatic carbocycles. The average Bonchev–Trinajstić information content (AvgIpc) is 3.73. The largest absolute Gasteiger partial charge is 0.573 e. The Labute approximate surface area is 250 Å². The Bertz CT molecular complexity index is 1880. The van der Waals surface area contributed by atoms with Gasteiger partial charge in [0.1, 0.15) is 17.3 Å². The summed E-state index contributed by atoms with van der Waals surface area (Å²) in [5.74, 6) is -0.521. The fourth-order valence-electron chi connectivity index (χ4n) is 4.65. The Morgan fingerprint density at radius 2 is 1.80 bits per heavy atom. The zero-order valence-corrected chi connectivity index (χ0v) is 24.3. The minimum Gasteiger partial charge on any atom is -0.440 e. The minimum absolute atomic E-state index is 0.209. The van der Waals surface area contributed by atoms with E-state index in [0.29, 0.717) is 39.7 Å². The molecule has 1 aromatic heterocycles. The number of rotatable bonds is 9. The van der Waals surface area contributed by atoms with Gasteiger partial charge >= 0.3 is 6.36 Å². The highest BCUT2D eigenvalue weighted by Crippen LogP contribution is 2.41. The molecule has 0 spiro atoms. The average molecular weight is 630 g/mol. The van der Waals surface area contributed by atoms with Gasteiger partial charge in [-0.3, -0.25) is 4.99 Å². The molecule has 13 heteroatoms. The van der Waals surface area contributed by atoms with E-state index >= 15 is 0 Å². The van der Waals surface area contributed by atoms with Crippen molar-refractivity contribution in [1.29, 1.82) is 0 Å². The van der Waals surface area contributed by atoms with Gasteiger partial charge in [-0.15, -0.1) is 13.2 Å². The number of benzene rings is 3. The van der Waals surface area contributed by atoms with Crippen molar-refractivity contribution in [3.05, 3.63) is 83.6 Å². The Kier molecular flexibility index (Phi) is 8.36. The van der Waals surface area contributed by atoms with E-state index in [-0.39, 0.29) is 27.7 Å². The van der Waals surface area contributed by atoms with Crippen LogP contribution in [0, 0.1) is 18.7 Å². The molecule has 0 saturated heterocycles. The monoisotopic (exact) mass is 629 g/mol. The van der Waals surface area contributed by atoms with Crippen molar-refractivity contribution in [3.8, 4) is 39.5 Å². The Morgan fingerprint density at radius 1 is 1.11 bits per heavy atom. The number of hydrogen-bond acceptors (Lipinski definition) is 8. The van der Waals surface area contributed by atoms with Crippen LogP contribution in [0.1, 0.15) is 24.3 Å². The van der Waals surface area contributed by atoms with Gasteiger partial charge in [-0.2, -0.15) is 0 Å². The summed E-state index contributed by atoms with van der Waals surface area (Å²) in [6.45, 7) is 0.791. The standard InChI is InChI=1S/C31H27F4N3O5S/c1-17-38-29(19-5-8-22(9-6-19)43-31(33,34)35)30(42-17)23-13-20(7-10-27(23)37-12-11-26(36)18-3-4-18)21-14-25(32)24(16-39)28(15-21)44(2,40)41/h5-15,18,39H,3-4,16,36H2,1-2H3. The number of allylic oxidation sites excluding steroid dienone is 2. The fourth-order valence-corrected chi connectivity index (χ4v) is 5.60. The van der Waals surface area contributed by atoms with Crippen molar-refractivity contribution in [2.75, 3.05) is 6.26 Å². The van der Waals surface area contributed by atoms with Crippen LogP contribution in [-0.4, -0.2) is 37.3 Å². The first kappa shape index (κ1) is 31.0. The Hall–Kier alpha value is -4.49. The lowest BCUT2D eigenvalue weighted by molar-refractivity contribution is -0.274. The highest BCUT2D eigenvalue weighted by molar-refractivity contribution is 7.90. The molecule has 0 amide bonds. The molecule has 3 aromatic carbocycles. The second-order valence-electron chi connectivity index (χ2n) is 10.3. The predicted molar refractivity (Wildman–Crippen MR) is 156 cm³/mol. The van der Waals surface area contributed by atoms with Gasteiger partial charge in [0, 0.05) is 41.8 Å². The molecule has 8 nitrogen and oxygen atoms in total. The quantitative estimate of drug-likeness (QED) is 0.153. The number of aryl methyl sites for hydroxylation is 1. The van der Waals surface area contributed by atoms with Crippen LogP contribution in [0.3, 0.4) is 0 Å². The number of aliphatic imine (C=N–C) groups is 1. The molecule has 4 aromatic rings. The lowest BCUT2D eigenvalue weighted by Crippen LogP contribution is -2.16. The van der Waals surface area contributed by atoms with Gasteiger partial charge in [0.25, 0.3) is 0 Å². The van der Waals surface area contributed by atoms with E-state index in [1.165, 1.54) is 24.4 Å². The summed E-state index contributed by atoms with van der Waals surface area (Å²) in [5.41, 5.74) is 8.55. The van der Waals surface area contributed by atoms with Crippen LogP contribution in [0.4, 0.5) is 23.2 Å².